The maximum Gasteiger partial charge on any atom is 0.0943 e. The molecule has 19 heavy (non-hydrogen) atoms. The van der Waals surface area contributed by atoms with Gasteiger partial charge in [-0.05, 0) is 41.4 Å². The van der Waals surface area contributed by atoms with Crippen molar-refractivity contribution in [3.05, 3.63) is 35.2 Å². The fraction of sp³-hybridized carbons (Fsp3) is 0.500. The molecule has 0 aliphatic rings. The Balaban J connectivity index is 2.16. The first-order valence-electron chi connectivity index (χ1n) is 7.14. The summed E-state index contributed by atoms with van der Waals surface area (Å²) < 4.78 is 1.25. The summed E-state index contributed by atoms with van der Waals surface area (Å²) in [6.45, 7) is 5.17. The van der Waals surface area contributed by atoms with E-state index in [1.807, 2.05) is 0 Å². The Labute approximate surface area is 119 Å². The maximum absolute atomic E-state index is 10.6. The van der Waals surface area contributed by atoms with Crippen LogP contribution in [-0.4, -0.2) is 17.7 Å². The number of nitrogens with one attached hydrogen (secondary N) is 1. The van der Waals surface area contributed by atoms with Crippen molar-refractivity contribution in [2.45, 2.75) is 45.3 Å². The molecule has 2 rings (SSSR count). The number of likely N-dealkylation sites (N-methyl/N-ethyl adjacent to an activating group) is 1. The van der Waals surface area contributed by atoms with E-state index >= 15 is 0 Å². The molecule has 0 aliphatic carbocycles. The van der Waals surface area contributed by atoms with Gasteiger partial charge in [0.05, 0.1) is 6.10 Å². The smallest absolute Gasteiger partial charge is 0.0943 e. The Bertz CT molecular complexity index is 508. The molecule has 2 nitrogen and oxygen atoms in total. The Hall–Kier alpha value is -0.900. The van der Waals surface area contributed by atoms with E-state index in [4.69, 9.17) is 0 Å². The van der Waals surface area contributed by atoms with E-state index in [1.54, 1.807) is 11.3 Å². The summed E-state index contributed by atoms with van der Waals surface area (Å²) in [7, 11) is 0. The zero-order valence-corrected chi connectivity index (χ0v) is 12.5. The predicted octanol–water partition coefficient (Wildman–Crippen LogP) is 4.10. The highest BCUT2D eigenvalue weighted by atomic mass is 32.1. The average molecular weight is 277 g/mol. The lowest BCUT2D eigenvalue weighted by molar-refractivity contribution is 0.123. The first-order chi connectivity index (χ1) is 9.26. The maximum atomic E-state index is 10.6. The SMILES string of the molecule is CCCCC(NCC)C(O)c1ccc2ccsc2c1. The van der Waals surface area contributed by atoms with E-state index in [9.17, 15) is 5.11 Å². The van der Waals surface area contributed by atoms with E-state index < -0.39 is 6.10 Å². The van der Waals surface area contributed by atoms with E-state index in [1.165, 1.54) is 16.5 Å². The molecule has 0 fully saturated rings. The van der Waals surface area contributed by atoms with Gasteiger partial charge in [-0.2, -0.15) is 0 Å². The van der Waals surface area contributed by atoms with Gasteiger partial charge in [0.15, 0.2) is 0 Å². The first-order valence-corrected chi connectivity index (χ1v) is 8.02. The van der Waals surface area contributed by atoms with Crippen LogP contribution in [0.15, 0.2) is 29.6 Å². The van der Waals surface area contributed by atoms with Crippen molar-refractivity contribution in [3.63, 3.8) is 0 Å². The van der Waals surface area contributed by atoms with Crippen molar-refractivity contribution in [2.75, 3.05) is 6.54 Å². The summed E-state index contributed by atoms with van der Waals surface area (Å²) in [4.78, 5) is 0. The van der Waals surface area contributed by atoms with Gasteiger partial charge < -0.3 is 10.4 Å². The molecule has 1 aromatic heterocycles. The highest BCUT2D eigenvalue weighted by Gasteiger charge is 2.19. The number of fused-ring (bicyclic) bond motifs is 1. The van der Waals surface area contributed by atoms with Gasteiger partial charge in [-0.3, -0.25) is 0 Å². The molecule has 0 spiro atoms. The van der Waals surface area contributed by atoms with Gasteiger partial charge in [0.1, 0.15) is 0 Å². The van der Waals surface area contributed by atoms with Crippen LogP contribution in [0.5, 0.6) is 0 Å². The fourth-order valence-electron chi connectivity index (χ4n) is 2.45. The van der Waals surface area contributed by atoms with Crippen molar-refractivity contribution < 1.29 is 5.11 Å². The van der Waals surface area contributed by atoms with Crippen LogP contribution in [0.25, 0.3) is 10.1 Å². The number of benzene rings is 1. The molecule has 2 unspecified atom stereocenters. The summed E-state index contributed by atoms with van der Waals surface area (Å²) in [5.74, 6) is 0. The lowest BCUT2D eigenvalue weighted by atomic mass is 9.97. The molecule has 0 bridgehead atoms. The molecular formula is C16H23NOS. The van der Waals surface area contributed by atoms with Gasteiger partial charge in [0, 0.05) is 10.7 Å². The molecular weight excluding hydrogens is 254 g/mol. The van der Waals surface area contributed by atoms with Gasteiger partial charge in [-0.25, -0.2) is 0 Å². The van der Waals surface area contributed by atoms with Crippen LogP contribution in [0.3, 0.4) is 0 Å². The molecule has 0 saturated carbocycles. The third kappa shape index (κ3) is 3.56. The fourth-order valence-corrected chi connectivity index (χ4v) is 3.28. The van der Waals surface area contributed by atoms with Crippen molar-refractivity contribution in [3.8, 4) is 0 Å². The van der Waals surface area contributed by atoms with Crippen LogP contribution in [0.2, 0.25) is 0 Å². The first kappa shape index (κ1) is 14.5. The van der Waals surface area contributed by atoms with Gasteiger partial charge >= 0.3 is 0 Å². The van der Waals surface area contributed by atoms with Gasteiger partial charge in [0.2, 0.25) is 0 Å². The summed E-state index contributed by atoms with van der Waals surface area (Å²) in [5, 5.41) is 17.3. The average Bonchev–Trinajstić information content (AvgIpc) is 2.90. The molecule has 0 aliphatic heterocycles. The topological polar surface area (TPSA) is 32.3 Å². The van der Waals surface area contributed by atoms with Gasteiger partial charge in [-0.15, -0.1) is 11.3 Å². The number of unbranched alkanes of at least 4 members (excludes halogenated alkanes) is 1. The highest BCUT2D eigenvalue weighted by molar-refractivity contribution is 7.17. The number of rotatable bonds is 7. The molecule has 1 aromatic carbocycles. The van der Waals surface area contributed by atoms with Crippen molar-refractivity contribution in [1.29, 1.82) is 0 Å². The Morgan fingerprint density at radius 2 is 2.11 bits per heavy atom. The Kier molecular flexibility index (Phi) is 5.37. The summed E-state index contributed by atoms with van der Waals surface area (Å²) >= 11 is 1.73. The van der Waals surface area contributed by atoms with Gasteiger partial charge in [-0.1, -0.05) is 38.8 Å². The standard InChI is InChI=1S/C16H23NOS/c1-3-5-6-14(17-4-2)16(18)13-8-7-12-9-10-19-15(12)11-13/h7-11,14,16-18H,3-6H2,1-2H3. The van der Waals surface area contributed by atoms with Crippen LogP contribution in [0.4, 0.5) is 0 Å². The third-order valence-corrected chi connectivity index (χ3v) is 4.42. The highest BCUT2D eigenvalue weighted by Crippen LogP contribution is 2.27. The van der Waals surface area contributed by atoms with Crippen LogP contribution in [-0.2, 0) is 0 Å². The molecule has 2 N–H and O–H groups in total. The summed E-state index contributed by atoms with van der Waals surface area (Å²) in [6, 6.07) is 8.56. The van der Waals surface area contributed by atoms with Gasteiger partial charge in [0.25, 0.3) is 0 Å². The lowest BCUT2D eigenvalue weighted by Gasteiger charge is -2.24. The second kappa shape index (κ2) is 7.04. The third-order valence-electron chi connectivity index (χ3n) is 3.54. The molecule has 2 atom stereocenters. The van der Waals surface area contributed by atoms with E-state index in [-0.39, 0.29) is 6.04 Å². The monoisotopic (exact) mass is 277 g/mol. The minimum Gasteiger partial charge on any atom is -0.387 e. The molecule has 2 aromatic rings. The van der Waals surface area contributed by atoms with E-state index in [0.29, 0.717) is 0 Å². The number of hydrogen-bond donors (Lipinski definition) is 2. The van der Waals surface area contributed by atoms with Crippen LogP contribution in [0.1, 0.15) is 44.8 Å². The largest absolute Gasteiger partial charge is 0.387 e. The second-order valence-corrected chi connectivity index (χ2v) is 5.92. The van der Waals surface area contributed by atoms with E-state index in [0.717, 1.165) is 24.9 Å². The molecule has 104 valence electrons. The van der Waals surface area contributed by atoms with Crippen LogP contribution < -0.4 is 5.32 Å². The second-order valence-electron chi connectivity index (χ2n) is 4.97. The molecule has 0 amide bonds. The quantitative estimate of drug-likeness (QED) is 0.798. The summed E-state index contributed by atoms with van der Waals surface area (Å²) in [5.41, 5.74) is 1.03. The number of aliphatic hydroxyl groups excluding tert-OH is 1. The number of thiophene rings is 1. The minimum atomic E-state index is -0.419. The van der Waals surface area contributed by atoms with Crippen LogP contribution >= 0.6 is 11.3 Å². The normalized spacial score (nSPS) is 14.7. The molecule has 0 radical (unpaired) electrons. The van der Waals surface area contributed by atoms with E-state index in [2.05, 4.69) is 48.8 Å². The number of aliphatic hydroxyl groups is 1. The van der Waals surface area contributed by atoms with Crippen molar-refractivity contribution >= 4 is 21.4 Å². The zero-order valence-electron chi connectivity index (χ0n) is 11.7. The molecule has 0 saturated heterocycles. The minimum absolute atomic E-state index is 0.155. The predicted molar refractivity (Wildman–Crippen MR) is 83.8 cm³/mol. The lowest BCUT2D eigenvalue weighted by Crippen LogP contribution is -2.34. The molecule has 3 heteroatoms. The number of hydrogen-bond acceptors (Lipinski definition) is 3. The van der Waals surface area contributed by atoms with Crippen molar-refractivity contribution in [2.24, 2.45) is 0 Å². The Morgan fingerprint density at radius 1 is 1.26 bits per heavy atom. The van der Waals surface area contributed by atoms with Crippen LogP contribution in [0, 0.1) is 0 Å². The Morgan fingerprint density at radius 3 is 2.84 bits per heavy atom. The summed E-state index contributed by atoms with van der Waals surface area (Å²) in [6.07, 6.45) is 2.92. The molecule has 1 heterocycles. The zero-order chi connectivity index (χ0) is 13.7. The van der Waals surface area contributed by atoms with Crippen molar-refractivity contribution in [1.82, 2.24) is 5.32 Å².